The summed E-state index contributed by atoms with van der Waals surface area (Å²) < 4.78 is 2.14. The van der Waals surface area contributed by atoms with Gasteiger partial charge >= 0.3 is 0 Å². The number of halogens is 2. The molecule has 0 amide bonds. The summed E-state index contributed by atoms with van der Waals surface area (Å²) in [6, 6.07) is 5.99. The second-order valence-corrected chi connectivity index (χ2v) is 5.95. The van der Waals surface area contributed by atoms with Crippen molar-refractivity contribution in [3.05, 3.63) is 34.6 Å². The van der Waals surface area contributed by atoms with E-state index in [0.717, 1.165) is 34.3 Å². The van der Waals surface area contributed by atoms with Gasteiger partial charge in [-0.2, -0.15) is 0 Å². The summed E-state index contributed by atoms with van der Waals surface area (Å²) in [4.78, 5) is 0. The minimum Gasteiger partial charge on any atom is -0.310 e. The molecule has 0 aliphatic rings. The lowest BCUT2D eigenvalue weighted by atomic mass is 10.1. The van der Waals surface area contributed by atoms with Crippen LogP contribution in [0, 0.1) is 12.8 Å². The second kappa shape index (κ2) is 6.06. The molecule has 0 radical (unpaired) electrons. The molecule has 102 valence electrons. The third-order valence-electron chi connectivity index (χ3n) is 2.93. The fourth-order valence-corrected chi connectivity index (χ4v) is 2.64. The van der Waals surface area contributed by atoms with Crippen LogP contribution in [0.1, 0.15) is 25.2 Å². The Hall–Kier alpha value is -0.870. The van der Waals surface area contributed by atoms with Crippen LogP contribution in [0.5, 0.6) is 0 Å². The Morgan fingerprint density at radius 3 is 2.68 bits per heavy atom. The lowest BCUT2D eigenvalue weighted by molar-refractivity contribution is 0.516. The van der Waals surface area contributed by atoms with Crippen LogP contribution < -0.4 is 0 Å². The molecule has 1 aromatic heterocycles. The molecule has 0 atom stereocenters. The fraction of sp³-hybridized carbons (Fsp3) is 0.429. The zero-order chi connectivity index (χ0) is 14.0. The van der Waals surface area contributed by atoms with Crippen molar-refractivity contribution in [3.8, 4) is 11.4 Å². The van der Waals surface area contributed by atoms with Crippen LogP contribution in [0.4, 0.5) is 0 Å². The predicted octanol–water partition coefficient (Wildman–Crippen LogP) is 4.46. The van der Waals surface area contributed by atoms with E-state index in [9.17, 15) is 0 Å². The van der Waals surface area contributed by atoms with E-state index < -0.39 is 0 Å². The van der Waals surface area contributed by atoms with Crippen molar-refractivity contribution >= 4 is 27.5 Å². The molecule has 5 heteroatoms. The van der Waals surface area contributed by atoms with Crippen LogP contribution in [0.15, 0.2) is 18.2 Å². The third kappa shape index (κ3) is 3.00. The molecule has 0 unspecified atom stereocenters. The normalized spacial score (nSPS) is 11.3. The van der Waals surface area contributed by atoms with Gasteiger partial charge < -0.3 is 4.57 Å². The Morgan fingerprint density at radius 1 is 1.32 bits per heavy atom. The largest absolute Gasteiger partial charge is 0.310 e. The Kier molecular flexibility index (Phi) is 4.63. The Balaban J connectivity index is 2.55. The number of hydrogen-bond donors (Lipinski definition) is 0. The van der Waals surface area contributed by atoms with Crippen LogP contribution in [-0.2, 0) is 11.9 Å². The first kappa shape index (κ1) is 14.5. The minimum atomic E-state index is 0.524. The molecule has 2 rings (SSSR count). The first-order chi connectivity index (χ1) is 9.04. The molecule has 0 saturated heterocycles. The van der Waals surface area contributed by atoms with Crippen LogP contribution in [0.3, 0.4) is 0 Å². The number of hydrogen-bond acceptors (Lipinski definition) is 2. The number of aryl methyl sites for hydroxylation is 1. The van der Waals surface area contributed by atoms with E-state index in [1.54, 1.807) is 0 Å². The van der Waals surface area contributed by atoms with E-state index in [1.807, 2.05) is 25.1 Å². The van der Waals surface area contributed by atoms with Crippen LogP contribution in [0.2, 0.25) is 5.02 Å². The third-order valence-corrected chi connectivity index (χ3v) is 3.93. The summed E-state index contributed by atoms with van der Waals surface area (Å²) in [6.07, 6.45) is 0. The monoisotopic (exact) mass is 341 g/mol. The molecule has 0 N–H and O–H groups in total. The second-order valence-electron chi connectivity index (χ2n) is 5.01. The van der Waals surface area contributed by atoms with Crippen molar-refractivity contribution in [1.29, 1.82) is 0 Å². The maximum atomic E-state index is 6.40. The summed E-state index contributed by atoms with van der Waals surface area (Å²) in [5.74, 6) is 2.30. The number of aromatic nitrogens is 3. The molecule has 2 aromatic rings. The molecule has 1 aromatic carbocycles. The van der Waals surface area contributed by atoms with Gasteiger partial charge in [0.15, 0.2) is 5.82 Å². The standard InChI is InChI=1S/C14H17BrClN3/c1-9(2)8-19-12(7-15)17-18-14(19)11-6-4-5-10(3)13(11)16/h4-6,9H,7-8H2,1-3H3. The van der Waals surface area contributed by atoms with Gasteiger partial charge in [-0.05, 0) is 24.5 Å². The highest BCUT2D eigenvalue weighted by atomic mass is 79.9. The van der Waals surface area contributed by atoms with Crippen molar-refractivity contribution in [3.63, 3.8) is 0 Å². The Labute approximate surface area is 127 Å². The van der Waals surface area contributed by atoms with Crippen LogP contribution in [-0.4, -0.2) is 14.8 Å². The average Bonchev–Trinajstić information content (AvgIpc) is 2.75. The molecule has 0 bridgehead atoms. The van der Waals surface area contributed by atoms with E-state index in [-0.39, 0.29) is 0 Å². The zero-order valence-electron chi connectivity index (χ0n) is 11.3. The van der Waals surface area contributed by atoms with Gasteiger partial charge in [0.25, 0.3) is 0 Å². The van der Waals surface area contributed by atoms with Crippen molar-refractivity contribution in [2.45, 2.75) is 32.6 Å². The smallest absolute Gasteiger partial charge is 0.165 e. The molecule has 1 heterocycles. The summed E-state index contributed by atoms with van der Waals surface area (Å²) in [6.45, 7) is 7.24. The molecule has 0 saturated carbocycles. The van der Waals surface area contributed by atoms with E-state index in [0.29, 0.717) is 11.2 Å². The quantitative estimate of drug-likeness (QED) is 0.768. The summed E-state index contributed by atoms with van der Waals surface area (Å²) in [5.41, 5.74) is 2.00. The molecule has 0 fully saturated rings. The van der Waals surface area contributed by atoms with Crippen molar-refractivity contribution in [2.24, 2.45) is 5.92 Å². The van der Waals surface area contributed by atoms with Crippen molar-refractivity contribution in [1.82, 2.24) is 14.8 Å². The maximum Gasteiger partial charge on any atom is 0.165 e. The highest BCUT2D eigenvalue weighted by Gasteiger charge is 2.16. The topological polar surface area (TPSA) is 30.7 Å². The Morgan fingerprint density at radius 2 is 2.05 bits per heavy atom. The maximum absolute atomic E-state index is 6.40. The molecule has 0 aliphatic carbocycles. The van der Waals surface area contributed by atoms with Gasteiger partial charge in [0.05, 0.1) is 10.4 Å². The van der Waals surface area contributed by atoms with Crippen molar-refractivity contribution < 1.29 is 0 Å². The Bertz CT molecular complexity index is 578. The van der Waals surface area contributed by atoms with E-state index in [1.165, 1.54) is 0 Å². The predicted molar refractivity (Wildman–Crippen MR) is 82.7 cm³/mol. The lowest BCUT2D eigenvalue weighted by Gasteiger charge is -2.13. The van der Waals surface area contributed by atoms with Gasteiger partial charge in [-0.25, -0.2) is 0 Å². The molecular weight excluding hydrogens is 326 g/mol. The van der Waals surface area contributed by atoms with E-state index in [4.69, 9.17) is 11.6 Å². The summed E-state index contributed by atoms with van der Waals surface area (Å²) in [5, 5.41) is 9.99. The van der Waals surface area contributed by atoms with Gasteiger partial charge in [0.1, 0.15) is 5.82 Å². The SMILES string of the molecule is Cc1cccc(-c2nnc(CBr)n2CC(C)C)c1Cl. The molecule has 3 nitrogen and oxygen atoms in total. The fourth-order valence-electron chi connectivity index (χ4n) is 2.01. The molecular formula is C14H17BrClN3. The number of rotatable bonds is 4. The average molecular weight is 343 g/mol. The molecule has 0 spiro atoms. The summed E-state index contributed by atoms with van der Waals surface area (Å²) in [7, 11) is 0. The van der Waals surface area contributed by atoms with Gasteiger partial charge in [0, 0.05) is 12.1 Å². The zero-order valence-corrected chi connectivity index (χ0v) is 13.7. The molecule has 19 heavy (non-hydrogen) atoms. The number of alkyl halides is 1. The van der Waals surface area contributed by atoms with Gasteiger partial charge in [0.2, 0.25) is 0 Å². The highest BCUT2D eigenvalue weighted by Crippen LogP contribution is 2.30. The van der Waals surface area contributed by atoms with E-state index >= 15 is 0 Å². The first-order valence-corrected chi connectivity index (χ1v) is 7.78. The van der Waals surface area contributed by atoms with Crippen LogP contribution >= 0.6 is 27.5 Å². The van der Waals surface area contributed by atoms with Crippen LogP contribution in [0.25, 0.3) is 11.4 Å². The van der Waals surface area contributed by atoms with E-state index in [2.05, 4.69) is 44.5 Å². The van der Waals surface area contributed by atoms with Gasteiger partial charge in [-0.1, -0.05) is 53.5 Å². The number of nitrogens with zero attached hydrogens (tertiary/aromatic N) is 3. The minimum absolute atomic E-state index is 0.524. The van der Waals surface area contributed by atoms with Gasteiger partial charge in [-0.15, -0.1) is 10.2 Å². The number of benzene rings is 1. The lowest BCUT2D eigenvalue weighted by Crippen LogP contribution is -2.09. The highest BCUT2D eigenvalue weighted by molar-refractivity contribution is 9.08. The molecule has 0 aliphatic heterocycles. The first-order valence-electron chi connectivity index (χ1n) is 6.28. The van der Waals surface area contributed by atoms with Crippen molar-refractivity contribution in [2.75, 3.05) is 0 Å². The van der Waals surface area contributed by atoms with Gasteiger partial charge in [-0.3, -0.25) is 0 Å². The summed E-state index contributed by atoms with van der Waals surface area (Å²) >= 11 is 9.86.